The second-order valence-electron chi connectivity index (χ2n) is 7.47. The van der Waals surface area contributed by atoms with E-state index in [1.807, 2.05) is 39.1 Å². The molecule has 0 saturated heterocycles. The third kappa shape index (κ3) is 2.61. The molecule has 2 aromatic heterocycles. The van der Waals surface area contributed by atoms with Crippen molar-refractivity contribution in [1.82, 2.24) is 14.5 Å². The Morgan fingerprint density at radius 3 is 2.78 bits per heavy atom. The van der Waals surface area contributed by atoms with E-state index in [1.54, 1.807) is 0 Å². The summed E-state index contributed by atoms with van der Waals surface area (Å²) < 4.78 is 1.29. The van der Waals surface area contributed by atoms with Crippen LogP contribution in [0.2, 0.25) is 0 Å². The highest BCUT2D eigenvalue weighted by molar-refractivity contribution is 5.85. The fourth-order valence-corrected chi connectivity index (χ4v) is 4.24. The Hall–Kier alpha value is -2.80. The standard InChI is InChI=1S/C20H24N4O3/c1-4-11(2)24-19(26)15(18(25)22-20(24)27)17-16-13(9-10-23(17)3)12-7-5-6-8-14(12)21-16/h5-8,11,17,21,26H,4,9-10H2,1-3H3,(H,22,25,27)/p+1/t11-,17+/m1/s1. The second kappa shape index (κ2) is 6.42. The molecule has 0 aliphatic carbocycles. The van der Waals surface area contributed by atoms with Gasteiger partial charge in [-0.1, -0.05) is 25.1 Å². The molecule has 3 atom stereocenters. The number of hydrogen-bond donors (Lipinski definition) is 4. The minimum Gasteiger partial charge on any atom is -0.494 e. The number of benzene rings is 1. The summed E-state index contributed by atoms with van der Waals surface area (Å²) in [6.07, 6.45) is 1.56. The molecule has 0 amide bonds. The van der Waals surface area contributed by atoms with E-state index in [0.29, 0.717) is 6.42 Å². The van der Waals surface area contributed by atoms with Gasteiger partial charge in [-0.3, -0.25) is 14.3 Å². The molecule has 1 aliphatic heterocycles. The number of hydrogen-bond acceptors (Lipinski definition) is 3. The third-order valence-corrected chi connectivity index (χ3v) is 5.87. The van der Waals surface area contributed by atoms with Gasteiger partial charge in [-0.15, -0.1) is 0 Å². The average Bonchev–Trinajstić information content (AvgIpc) is 3.01. The van der Waals surface area contributed by atoms with E-state index in [0.717, 1.165) is 34.5 Å². The van der Waals surface area contributed by atoms with Gasteiger partial charge < -0.3 is 15.0 Å². The Bertz CT molecular complexity index is 1120. The SMILES string of the molecule is CC[C@@H](C)n1c(O)c([C@H]2c3[nH]c4ccccc4c3CC[NH+]2C)c(=O)[nH]c1=O. The molecule has 0 saturated carbocycles. The predicted molar refractivity (Wildman–Crippen MR) is 104 cm³/mol. The number of para-hydroxylation sites is 1. The fraction of sp³-hybridized carbons (Fsp3) is 0.400. The first kappa shape index (κ1) is 17.6. The van der Waals surface area contributed by atoms with Crippen LogP contribution in [-0.4, -0.2) is 33.2 Å². The lowest BCUT2D eigenvalue weighted by Crippen LogP contribution is -3.10. The van der Waals surface area contributed by atoms with Crippen LogP contribution < -0.4 is 16.1 Å². The van der Waals surface area contributed by atoms with E-state index in [1.165, 1.54) is 10.1 Å². The molecule has 0 radical (unpaired) electrons. The van der Waals surface area contributed by atoms with E-state index in [9.17, 15) is 14.7 Å². The lowest BCUT2D eigenvalue weighted by atomic mass is 9.93. The number of aromatic hydroxyl groups is 1. The number of aromatic nitrogens is 3. The Morgan fingerprint density at radius 2 is 2.04 bits per heavy atom. The van der Waals surface area contributed by atoms with E-state index in [4.69, 9.17) is 0 Å². The maximum atomic E-state index is 12.7. The monoisotopic (exact) mass is 369 g/mol. The number of H-pyrrole nitrogens is 2. The van der Waals surface area contributed by atoms with Crippen molar-refractivity contribution in [1.29, 1.82) is 0 Å². The van der Waals surface area contributed by atoms with Crippen LogP contribution in [0.1, 0.15) is 49.2 Å². The van der Waals surface area contributed by atoms with E-state index >= 15 is 0 Å². The predicted octanol–water partition coefficient (Wildman–Crippen LogP) is 0.855. The smallest absolute Gasteiger partial charge is 0.331 e. The lowest BCUT2D eigenvalue weighted by Gasteiger charge is -2.30. The molecular weight excluding hydrogens is 344 g/mol. The van der Waals surface area contributed by atoms with Gasteiger partial charge in [0.05, 0.1) is 19.3 Å². The van der Waals surface area contributed by atoms with E-state index < -0.39 is 11.2 Å². The summed E-state index contributed by atoms with van der Waals surface area (Å²) in [5.41, 5.74) is 2.30. The van der Waals surface area contributed by atoms with Crippen molar-refractivity contribution in [3.05, 3.63) is 61.9 Å². The summed E-state index contributed by atoms with van der Waals surface area (Å²) in [4.78, 5) is 32.0. The van der Waals surface area contributed by atoms with Crippen LogP contribution in [0, 0.1) is 0 Å². The van der Waals surface area contributed by atoms with Crippen LogP contribution in [-0.2, 0) is 6.42 Å². The summed E-state index contributed by atoms with van der Waals surface area (Å²) >= 11 is 0. The van der Waals surface area contributed by atoms with Crippen molar-refractivity contribution < 1.29 is 10.0 Å². The maximum Gasteiger partial charge on any atom is 0.331 e. The lowest BCUT2D eigenvalue weighted by molar-refractivity contribution is -0.908. The Morgan fingerprint density at radius 1 is 1.30 bits per heavy atom. The molecule has 1 aliphatic rings. The number of nitrogens with one attached hydrogen (secondary N) is 3. The first-order chi connectivity index (χ1) is 12.9. The topological polar surface area (TPSA) is 95.3 Å². The molecule has 1 unspecified atom stereocenters. The molecule has 3 heterocycles. The number of likely N-dealkylation sites (N-methyl/N-ethyl adjacent to an activating group) is 1. The van der Waals surface area contributed by atoms with Crippen molar-refractivity contribution in [3.8, 4) is 5.88 Å². The van der Waals surface area contributed by atoms with Gasteiger partial charge in [0.2, 0.25) is 5.88 Å². The van der Waals surface area contributed by atoms with Crippen molar-refractivity contribution in [2.24, 2.45) is 0 Å². The van der Waals surface area contributed by atoms with Gasteiger partial charge in [0.25, 0.3) is 5.56 Å². The average molecular weight is 369 g/mol. The molecule has 4 rings (SSSR count). The van der Waals surface area contributed by atoms with Gasteiger partial charge in [-0.25, -0.2) is 4.79 Å². The first-order valence-electron chi connectivity index (χ1n) is 9.43. The molecule has 4 N–H and O–H groups in total. The summed E-state index contributed by atoms with van der Waals surface area (Å²) in [6, 6.07) is 7.50. The number of fused-ring (bicyclic) bond motifs is 3. The van der Waals surface area contributed by atoms with Crippen LogP contribution >= 0.6 is 0 Å². The molecule has 3 aromatic rings. The van der Waals surface area contributed by atoms with Crippen LogP contribution in [0.5, 0.6) is 5.88 Å². The number of aromatic amines is 2. The zero-order valence-corrected chi connectivity index (χ0v) is 15.8. The molecule has 0 bridgehead atoms. The van der Waals surface area contributed by atoms with Crippen LogP contribution in [0.4, 0.5) is 0 Å². The Labute approximate surface area is 156 Å². The third-order valence-electron chi connectivity index (χ3n) is 5.87. The number of rotatable bonds is 3. The van der Waals surface area contributed by atoms with Crippen molar-refractivity contribution >= 4 is 10.9 Å². The minimum absolute atomic E-state index is 0.209. The molecule has 142 valence electrons. The normalized spacial score (nSPS) is 20.6. The van der Waals surface area contributed by atoms with Gasteiger partial charge in [-0.05, 0) is 25.0 Å². The number of quaternary nitrogens is 1. The highest BCUT2D eigenvalue weighted by Gasteiger charge is 2.38. The van der Waals surface area contributed by atoms with Crippen molar-refractivity contribution in [3.63, 3.8) is 0 Å². The Kier molecular flexibility index (Phi) is 4.19. The highest BCUT2D eigenvalue weighted by Crippen LogP contribution is 2.33. The number of nitrogens with zero attached hydrogens (tertiary/aromatic N) is 1. The molecule has 0 spiro atoms. The molecule has 0 fully saturated rings. The van der Waals surface area contributed by atoms with Crippen molar-refractivity contribution in [2.45, 2.75) is 38.8 Å². The van der Waals surface area contributed by atoms with Crippen molar-refractivity contribution in [2.75, 3.05) is 13.6 Å². The zero-order valence-electron chi connectivity index (χ0n) is 15.8. The fourth-order valence-electron chi connectivity index (χ4n) is 4.24. The van der Waals surface area contributed by atoms with E-state index in [-0.39, 0.29) is 23.5 Å². The summed E-state index contributed by atoms with van der Waals surface area (Å²) in [5.74, 6) is -0.228. The van der Waals surface area contributed by atoms with Crippen LogP contribution in [0.3, 0.4) is 0 Å². The Balaban J connectivity index is 2.00. The molecular formula is C20H25N4O3+. The van der Waals surface area contributed by atoms with Crippen LogP contribution in [0.25, 0.3) is 10.9 Å². The summed E-state index contributed by atoms with van der Waals surface area (Å²) in [5, 5.41) is 12.1. The molecule has 7 nitrogen and oxygen atoms in total. The van der Waals surface area contributed by atoms with Gasteiger partial charge >= 0.3 is 5.69 Å². The summed E-state index contributed by atoms with van der Waals surface area (Å²) in [7, 11) is 2.01. The molecule has 7 heteroatoms. The molecule has 1 aromatic carbocycles. The summed E-state index contributed by atoms with van der Waals surface area (Å²) in [6.45, 7) is 4.63. The van der Waals surface area contributed by atoms with Gasteiger partial charge in [-0.2, -0.15) is 0 Å². The van der Waals surface area contributed by atoms with Crippen LogP contribution in [0.15, 0.2) is 33.9 Å². The maximum absolute atomic E-state index is 12.7. The highest BCUT2D eigenvalue weighted by atomic mass is 16.3. The first-order valence-corrected chi connectivity index (χ1v) is 9.43. The quantitative estimate of drug-likeness (QED) is 0.551. The zero-order chi connectivity index (χ0) is 19.3. The minimum atomic E-state index is -0.569. The van der Waals surface area contributed by atoms with Gasteiger partial charge in [0.15, 0.2) is 6.04 Å². The van der Waals surface area contributed by atoms with Gasteiger partial charge in [0, 0.05) is 23.4 Å². The second-order valence-corrected chi connectivity index (χ2v) is 7.47. The van der Waals surface area contributed by atoms with Gasteiger partial charge in [0.1, 0.15) is 5.56 Å². The van der Waals surface area contributed by atoms with E-state index in [2.05, 4.69) is 16.0 Å². The molecule has 27 heavy (non-hydrogen) atoms. The largest absolute Gasteiger partial charge is 0.494 e.